The summed E-state index contributed by atoms with van der Waals surface area (Å²) in [7, 11) is 1.66. The Kier molecular flexibility index (Phi) is 5.06. The number of nitrogens with one attached hydrogen (secondary N) is 1. The maximum Gasteiger partial charge on any atom is 0.162 e. The van der Waals surface area contributed by atoms with E-state index in [1.165, 1.54) is 0 Å². The third-order valence-corrected chi connectivity index (χ3v) is 3.03. The van der Waals surface area contributed by atoms with Crippen molar-refractivity contribution >= 4 is 0 Å². The van der Waals surface area contributed by atoms with E-state index in [1.54, 1.807) is 25.7 Å². The highest BCUT2D eigenvalue weighted by Gasteiger charge is 2.24. The van der Waals surface area contributed by atoms with Gasteiger partial charge >= 0.3 is 0 Å². The van der Waals surface area contributed by atoms with Gasteiger partial charge in [-0.1, -0.05) is 13.8 Å². The molecule has 6 nitrogen and oxygen atoms in total. The van der Waals surface area contributed by atoms with Crippen molar-refractivity contribution in [3.63, 3.8) is 0 Å². The minimum absolute atomic E-state index is 0.120. The molecule has 2 aromatic rings. The van der Waals surface area contributed by atoms with Crippen LogP contribution in [0.2, 0.25) is 0 Å². The number of hydrogen-bond acceptors (Lipinski definition) is 5. The van der Waals surface area contributed by atoms with Gasteiger partial charge in [-0.05, 0) is 19.0 Å². The van der Waals surface area contributed by atoms with Gasteiger partial charge < -0.3 is 10.1 Å². The fourth-order valence-electron chi connectivity index (χ4n) is 2.19. The highest BCUT2D eigenvalue weighted by Crippen LogP contribution is 2.28. The number of hydrogen-bond donors (Lipinski definition) is 1. The SMILES string of the molecule is CCCn1ncc(OC)c1C(NCC)c1ncccn1. The van der Waals surface area contributed by atoms with Gasteiger partial charge in [-0.2, -0.15) is 5.10 Å². The smallest absolute Gasteiger partial charge is 0.162 e. The summed E-state index contributed by atoms with van der Waals surface area (Å²) in [5.41, 5.74) is 0.974. The zero-order valence-electron chi connectivity index (χ0n) is 12.2. The average molecular weight is 275 g/mol. The maximum atomic E-state index is 5.44. The summed E-state index contributed by atoms with van der Waals surface area (Å²) in [4.78, 5) is 8.72. The van der Waals surface area contributed by atoms with Crippen LogP contribution in [0.25, 0.3) is 0 Å². The molecule has 2 heterocycles. The fourth-order valence-corrected chi connectivity index (χ4v) is 2.19. The molecule has 0 amide bonds. The van der Waals surface area contributed by atoms with Gasteiger partial charge in [0.1, 0.15) is 11.7 Å². The second-order valence-electron chi connectivity index (χ2n) is 4.42. The number of rotatable bonds is 7. The topological polar surface area (TPSA) is 64.9 Å². The van der Waals surface area contributed by atoms with Gasteiger partial charge in [-0.3, -0.25) is 4.68 Å². The predicted octanol–water partition coefficient (Wildman–Crippen LogP) is 1.79. The molecule has 6 heteroatoms. The number of aromatic nitrogens is 4. The van der Waals surface area contributed by atoms with E-state index in [9.17, 15) is 0 Å². The molecule has 0 bridgehead atoms. The lowest BCUT2D eigenvalue weighted by Crippen LogP contribution is -2.27. The summed E-state index contributed by atoms with van der Waals surface area (Å²) in [6, 6.07) is 1.69. The molecular formula is C14H21N5O. The molecule has 0 fully saturated rings. The first-order chi connectivity index (χ1) is 9.81. The molecule has 2 aromatic heterocycles. The summed E-state index contributed by atoms with van der Waals surface area (Å²) in [5, 5.41) is 7.81. The number of nitrogens with zero attached hydrogens (tertiary/aromatic N) is 4. The lowest BCUT2D eigenvalue weighted by atomic mass is 10.1. The standard InChI is InChI=1S/C14H21N5O/c1-4-9-19-13(11(20-3)10-18-19)12(15-5-2)14-16-7-6-8-17-14/h6-8,10,12,15H,4-5,9H2,1-3H3. The highest BCUT2D eigenvalue weighted by molar-refractivity contribution is 5.32. The Morgan fingerprint density at radius 3 is 2.65 bits per heavy atom. The highest BCUT2D eigenvalue weighted by atomic mass is 16.5. The molecule has 1 unspecified atom stereocenters. The molecule has 20 heavy (non-hydrogen) atoms. The van der Waals surface area contributed by atoms with Crippen LogP contribution < -0.4 is 10.1 Å². The van der Waals surface area contributed by atoms with Crippen molar-refractivity contribution in [1.29, 1.82) is 0 Å². The Morgan fingerprint density at radius 1 is 1.30 bits per heavy atom. The Hall–Kier alpha value is -1.95. The predicted molar refractivity (Wildman–Crippen MR) is 76.6 cm³/mol. The van der Waals surface area contributed by atoms with Gasteiger partial charge in [0.2, 0.25) is 0 Å². The summed E-state index contributed by atoms with van der Waals surface area (Å²) >= 11 is 0. The lowest BCUT2D eigenvalue weighted by molar-refractivity contribution is 0.396. The number of methoxy groups -OCH3 is 1. The maximum absolute atomic E-state index is 5.44. The molecule has 0 aromatic carbocycles. The molecule has 1 N–H and O–H groups in total. The summed E-state index contributed by atoms with van der Waals surface area (Å²) in [6.45, 7) is 5.83. The Balaban J connectivity index is 2.45. The third kappa shape index (κ3) is 2.96. The van der Waals surface area contributed by atoms with Crippen molar-refractivity contribution in [1.82, 2.24) is 25.1 Å². The normalized spacial score (nSPS) is 12.3. The van der Waals surface area contributed by atoms with E-state index in [4.69, 9.17) is 4.74 Å². The third-order valence-electron chi connectivity index (χ3n) is 3.03. The molecule has 0 aliphatic heterocycles. The zero-order valence-corrected chi connectivity index (χ0v) is 12.2. The Bertz CT molecular complexity index is 526. The largest absolute Gasteiger partial charge is 0.493 e. The van der Waals surface area contributed by atoms with Gasteiger partial charge in [0, 0.05) is 18.9 Å². The van der Waals surface area contributed by atoms with E-state index in [0.717, 1.165) is 36.8 Å². The summed E-state index contributed by atoms with van der Waals surface area (Å²) < 4.78 is 7.40. The lowest BCUT2D eigenvalue weighted by Gasteiger charge is -2.19. The van der Waals surface area contributed by atoms with E-state index in [1.807, 2.05) is 10.7 Å². The minimum Gasteiger partial charge on any atom is -0.493 e. The van der Waals surface area contributed by atoms with Gasteiger partial charge in [-0.15, -0.1) is 0 Å². The van der Waals surface area contributed by atoms with Crippen molar-refractivity contribution in [3.8, 4) is 5.75 Å². The van der Waals surface area contributed by atoms with Crippen molar-refractivity contribution in [2.75, 3.05) is 13.7 Å². The van der Waals surface area contributed by atoms with E-state index >= 15 is 0 Å². The Labute approximate surface area is 119 Å². The first-order valence-electron chi connectivity index (χ1n) is 6.91. The Morgan fingerprint density at radius 2 is 2.05 bits per heavy atom. The van der Waals surface area contributed by atoms with Crippen LogP contribution in [0.3, 0.4) is 0 Å². The minimum atomic E-state index is -0.120. The molecule has 0 aliphatic carbocycles. The number of ether oxygens (including phenoxy) is 1. The van der Waals surface area contributed by atoms with Gasteiger partial charge in [-0.25, -0.2) is 9.97 Å². The van der Waals surface area contributed by atoms with Crippen LogP contribution in [0.15, 0.2) is 24.7 Å². The molecule has 0 saturated carbocycles. The first kappa shape index (κ1) is 14.5. The van der Waals surface area contributed by atoms with Crippen LogP contribution in [0.4, 0.5) is 0 Å². The molecule has 0 spiro atoms. The zero-order chi connectivity index (χ0) is 14.4. The van der Waals surface area contributed by atoms with Crippen LogP contribution in [0.1, 0.15) is 37.8 Å². The first-order valence-corrected chi connectivity index (χ1v) is 6.91. The van der Waals surface area contributed by atoms with Crippen LogP contribution in [0, 0.1) is 0 Å². The van der Waals surface area contributed by atoms with Crippen LogP contribution in [0.5, 0.6) is 5.75 Å². The van der Waals surface area contributed by atoms with Crippen LogP contribution in [-0.4, -0.2) is 33.4 Å². The average Bonchev–Trinajstić information content (AvgIpc) is 2.89. The van der Waals surface area contributed by atoms with Crippen molar-refractivity contribution in [2.45, 2.75) is 32.9 Å². The van der Waals surface area contributed by atoms with E-state index in [0.29, 0.717) is 0 Å². The monoisotopic (exact) mass is 275 g/mol. The van der Waals surface area contributed by atoms with Crippen molar-refractivity contribution in [2.24, 2.45) is 0 Å². The van der Waals surface area contributed by atoms with Gasteiger partial charge in [0.25, 0.3) is 0 Å². The fraction of sp³-hybridized carbons (Fsp3) is 0.500. The van der Waals surface area contributed by atoms with E-state index in [2.05, 4.69) is 34.2 Å². The van der Waals surface area contributed by atoms with Crippen LogP contribution in [-0.2, 0) is 6.54 Å². The second-order valence-corrected chi connectivity index (χ2v) is 4.42. The molecule has 108 valence electrons. The van der Waals surface area contributed by atoms with Crippen LogP contribution >= 0.6 is 0 Å². The second kappa shape index (κ2) is 7.00. The molecule has 0 saturated heterocycles. The van der Waals surface area contributed by atoms with Crippen molar-refractivity contribution < 1.29 is 4.74 Å². The van der Waals surface area contributed by atoms with E-state index < -0.39 is 0 Å². The molecular weight excluding hydrogens is 254 g/mol. The van der Waals surface area contributed by atoms with Crippen molar-refractivity contribution in [3.05, 3.63) is 36.2 Å². The number of aryl methyl sites for hydroxylation is 1. The summed E-state index contributed by atoms with van der Waals surface area (Å²) in [5.74, 6) is 1.49. The molecule has 0 aliphatic rings. The summed E-state index contributed by atoms with van der Waals surface area (Å²) in [6.07, 6.45) is 6.25. The molecule has 1 atom stereocenters. The quantitative estimate of drug-likeness (QED) is 0.834. The molecule has 0 radical (unpaired) electrons. The van der Waals surface area contributed by atoms with Gasteiger partial charge in [0.05, 0.1) is 13.3 Å². The molecule has 2 rings (SSSR count). The van der Waals surface area contributed by atoms with E-state index in [-0.39, 0.29) is 6.04 Å². The van der Waals surface area contributed by atoms with Gasteiger partial charge in [0.15, 0.2) is 11.6 Å².